The number of rotatable bonds is 8. The molecule has 8 heteroatoms. The van der Waals surface area contributed by atoms with Crippen LogP contribution in [0.2, 0.25) is 0 Å². The monoisotopic (exact) mass is 278 g/mol. The Morgan fingerprint density at radius 3 is 1.45 bits per heavy atom. The van der Waals surface area contributed by atoms with Crippen molar-refractivity contribution >= 4 is 11.9 Å². The zero-order chi connectivity index (χ0) is 15.7. The molecule has 0 fully saturated rings. The van der Waals surface area contributed by atoms with Gasteiger partial charge in [0.25, 0.3) is 0 Å². The summed E-state index contributed by atoms with van der Waals surface area (Å²) in [7, 11) is 0. The summed E-state index contributed by atoms with van der Waals surface area (Å²) in [5, 5.41) is 45.9. The zero-order valence-electron chi connectivity index (χ0n) is 11.1. The summed E-state index contributed by atoms with van der Waals surface area (Å²) >= 11 is 0. The topological polar surface area (TPSA) is 153 Å². The van der Waals surface area contributed by atoms with Gasteiger partial charge in [-0.15, -0.1) is 0 Å². The number of carboxylic acid groups (broad SMARTS) is 2. The third kappa shape index (κ3) is 6.45. The summed E-state index contributed by atoms with van der Waals surface area (Å²) < 4.78 is 0. The second-order valence-corrected chi connectivity index (χ2v) is 4.40. The molecule has 0 aliphatic heterocycles. The molecule has 0 aromatic carbocycles. The van der Waals surface area contributed by atoms with Gasteiger partial charge in [-0.3, -0.25) is 0 Å². The number of carbonyl (C=O) groups is 2. The maximum Gasteiger partial charge on any atom is 0.0879 e. The van der Waals surface area contributed by atoms with Gasteiger partial charge >= 0.3 is 0 Å². The molecular formula is C12H14N4O4-2. The van der Waals surface area contributed by atoms with Crippen molar-refractivity contribution in [3.63, 3.8) is 0 Å². The molecule has 0 heterocycles. The van der Waals surface area contributed by atoms with Crippen LogP contribution in [-0.4, -0.2) is 24.0 Å². The van der Waals surface area contributed by atoms with Gasteiger partial charge in [0, 0.05) is 0 Å². The van der Waals surface area contributed by atoms with Crippen LogP contribution in [0.5, 0.6) is 0 Å². The molecule has 0 rings (SSSR count). The summed E-state index contributed by atoms with van der Waals surface area (Å²) in [5.74, 6) is -5.48. The van der Waals surface area contributed by atoms with E-state index in [4.69, 9.17) is 10.5 Å². The van der Waals surface area contributed by atoms with Crippen LogP contribution in [0.4, 0.5) is 0 Å². The number of carbonyl (C=O) groups excluding carboxylic acids is 2. The van der Waals surface area contributed by atoms with Crippen LogP contribution in [0, 0.1) is 34.5 Å². The molecule has 0 radical (unpaired) electrons. The number of hydrogen-bond acceptors (Lipinski definition) is 8. The first-order chi connectivity index (χ1) is 9.31. The molecule has 20 heavy (non-hydrogen) atoms. The van der Waals surface area contributed by atoms with Gasteiger partial charge in [-0.25, -0.2) is 0 Å². The molecule has 4 atom stereocenters. The first kappa shape index (κ1) is 17.5. The van der Waals surface area contributed by atoms with E-state index in [1.54, 1.807) is 26.0 Å². The average molecular weight is 278 g/mol. The Morgan fingerprint density at radius 2 is 1.25 bits per heavy atom. The fourth-order valence-corrected chi connectivity index (χ4v) is 1.41. The van der Waals surface area contributed by atoms with Crippen molar-refractivity contribution in [2.45, 2.75) is 38.8 Å². The molecule has 0 amide bonds. The lowest BCUT2D eigenvalue weighted by molar-refractivity contribution is -0.311. The van der Waals surface area contributed by atoms with Crippen molar-refractivity contribution in [1.82, 2.24) is 0 Å². The molecule has 0 aliphatic rings. The zero-order valence-corrected chi connectivity index (χ0v) is 11.1. The average Bonchev–Trinajstić information content (AvgIpc) is 2.38. The second kappa shape index (κ2) is 8.59. The van der Waals surface area contributed by atoms with E-state index < -0.39 is 35.9 Å². The number of carboxylic acids is 2. The van der Waals surface area contributed by atoms with Crippen LogP contribution in [-0.2, 0) is 9.59 Å². The first-order valence-corrected chi connectivity index (χ1v) is 5.92. The van der Waals surface area contributed by atoms with Gasteiger partial charge in [0.1, 0.15) is 0 Å². The molecule has 0 saturated heterocycles. The fraction of sp³-hybridized carbons (Fsp3) is 0.667. The molecule has 4 unspecified atom stereocenters. The molecular weight excluding hydrogens is 264 g/mol. The number of nitrogens with zero attached hydrogens (tertiary/aromatic N) is 4. The molecule has 0 aromatic rings. The highest BCUT2D eigenvalue weighted by atomic mass is 16.4. The largest absolute Gasteiger partial charge is 0.549 e. The van der Waals surface area contributed by atoms with Crippen LogP contribution in [0.3, 0.4) is 0 Å². The van der Waals surface area contributed by atoms with E-state index in [0.29, 0.717) is 0 Å². The number of nitriles is 2. The van der Waals surface area contributed by atoms with Gasteiger partial charge in [-0.1, -0.05) is 0 Å². The first-order valence-electron chi connectivity index (χ1n) is 5.92. The van der Waals surface area contributed by atoms with E-state index in [1.165, 1.54) is 0 Å². The Labute approximate surface area is 116 Å². The van der Waals surface area contributed by atoms with Crippen molar-refractivity contribution in [1.29, 1.82) is 10.5 Å². The molecule has 0 bridgehead atoms. The van der Waals surface area contributed by atoms with Crippen LogP contribution >= 0.6 is 0 Å². The van der Waals surface area contributed by atoms with Crippen molar-refractivity contribution in [2.75, 3.05) is 0 Å². The number of hydrogen-bond donors (Lipinski definition) is 0. The van der Waals surface area contributed by atoms with Gasteiger partial charge in [-0.05, 0) is 26.7 Å². The van der Waals surface area contributed by atoms with Gasteiger partial charge in [0.2, 0.25) is 0 Å². The highest BCUT2D eigenvalue weighted by Gasteiger charge is 2.15. The van der Waals surface area contributed by atoms with E-state index >= 15 is 0 Å². The lowest BCUT2D eigenvalue weighted by atomic mass is 10.0. The van der Waals surface area contributed by atoms with Gasteiger partial charge < -0.3 is 19.8 Å². The normalized spacial score (nSPS) is 16.6. The molecule has 8 nitrogen and oxygen atoms in total. The van der Waals surface area contributed by atoms with Gasteiger partial charge in [-0.2, -0.15) is 20.8 Å². The highest BCUT2D eigenvalue weighted by molar-refractivity contribution is 5.71. The fourth-order valence-electron chi connectivity index (χ4n) is 1.41. The van der Waals surface area contributed by atoms with Gasteiger partial charge in [0.15, 0.2) is 0 Å². The summed E-state index contributed by atoms with van der Waals surface area (Å²) in [6.07, 6.45) is -0.0889. The van der Waals surface area contributed by atoms with E-state index in [2.05, 4.69) is 10.2 Å². The molecule has 0 spiro atoms. The van der Waals surface area contributed by atoms with E-state index in [0.717, 1.165) is 0 Å². The molecule has 0 aliphatic carbocycles. The Balaban J connectivity index is 4.42. The second-order valence-electron chi connectivity index (χ2n) is 4.40. The predicted octanol–water partition coefficient (Wildman–Crippen LogP) is -1.22. The van der Waals surface area contributed by atoms with E-state index in [9.17, 15) is 19.8 Å². The SMILES string of the molecule is CC(CC(C#N)C(=O)[O-])N=NC(C)CC(C#N)C(=O)[O-]. The van der Waals surface area contributed by atoms with Crippen molar-refractivity contribution in [2.24, 2.45) is 22.1 Å². The number of azo groups is 1. The van der Waals surface area contributed by atoms with Crippen LogP contribution in [0.15, 0.2) is 10.2 Å². The highest BCUT2D eigenvalue weighted by Crippen LogP contribution is 2.12. The summed E-state index contributed by atoms with van der Waals surface area (Å²) in [6.45, 7) is 3.15. The van der Waals surface area contributed by atoms with E-state index in [1.807, 2.05) is 0 Å². The van der Waals surface area contributed by atoms with Crippen molar-refractivity contribution in [3.8, 4) is 12.1 Å². The minimum Gasteiger partial charge on any atom is -0.549 e. The summed E-state index contributed by atoms with van der Waals surface area (Å²) in [4.78, 5) is 21.1. The standard InChI is InChI=1S/C12H16N4O4/c1-7(3-9(5-13)11(17)18)15-16-8(2)4-10(6-14)12(19)20/h7-10H,3-4H2,1-2H3,(H,17,18)(H,19,20)/p-2. The van der Waals surface area contributed by atoms with Crippen LogP contribution in [0.1, 0.15) is 26.7 Å². The molecule has 0 N–H and O–H groups in total. The number of aliphatic carboxylic acids is 2. The minimum absolute atomic E-state index is 0.0444. The maximum absolute atomic E-state index is 10.5. The van der Waals surface area contributed by atoms with Crippen LogP contribution < -0.4 is 10.2 Å². The third-order valence-corrected chi connectivity index (χ3v) is 2.50. The van der Waals surface area contributed by atoms with E-state index in [-0.39, 0.29) is 12.8 Å². The summed E-state index contributed by atoms with van der Waals surface area (Å²) in [5.41, 5.74) is 0. The van der Waals surface area contributed by atoms with Crippen LogP contribution in [0.25, 0.3) is 0 Å². The Hall–Kier alpha value is -2.48. The molecule has 108 valence electrons. The quantitative estimate of drug-likeness (QED) is 0.507. The van der Waals surface area contributed by atoms with Crippen molar-refractivity contribution < 1.29 is 19.8 Å². The maximum atomic E-state index is 10.5. The predicted molar refractivity (Wildman–Crippen MR) is 61.2 cm³/mol. The Kier molecular flexibility index (Phi) is 7.53. The lowest BCUT2D eigenvalue weighted by Crippen LogP contribution is -2.32. The third-order valence-electron chi connectivity index (χ3n) is 2.50. The molecule has 0 saturated carbocycles. The molecule has 0 aromatic heterocycles. The smallest absolute Gasteiger partial charge is 0.0879 e. The van der Waals surface area contributed by atoms with Gasteiger partial charge in [0.05, 0.1) is 48.0 Å². The summed E-state index contributed by atoms with van der Waals surface area (Å²) in [6, 6.07) is 2.12. The minimum atomic E-state index is -1.47. The Bertz CT molecular complexity index is 421. The van der Waals surface area contributed by atoms with Crippen molar-refractivity contribution in [3.05, 3.63) is 0 Å². The Morgan fingerprint density at radius 1 is 0.950 bits per heavy atom. The lowest BCUT2D eigenvalue weighted by Gasteiger charge is -2.14.